The Bertz CT molecular complexity index is 1030. The number of benzene rings is 2. The first-order valence-electron chi connectivity index (χ1n) is 12.4. The van der Waals surface area contributed by atoms with Gasteiger partial charge in [0, 0.05) is 32.9 Å². The number of rotatable bonds is 7. The number of piperidine rings is 1. The fourth-order valence-corrected chi connectivity index (χ4v) is 3.98. The summed E-state index contributed by atoms with van der Waals surface area (Å²) < 4.78 is 16.1. The molecule has 1 aliphatic rings. The van der Waals surface area contributed by atoms with Crippen LogP contribution in [0.3, 0.4) is 0 Å². The third-order valence-corrected chi connectivity index (χ3v) is 6.39. The molecule has 2 atom stereocenters. The van der Waals surface area contributed by atoms with Crippen LogP contribution < -0.4 is 5.73 Å². The lowest BCUT2D eigenvalue weighted by atomic mass is 9.86. The molecular formula is C28H37ClN2O7. The van der Waals surface area contributed by atoms with E-state index in [2.05, 4.69) is 0 Å². The highest BCUT2D eigenvalue weighted by Crippen LogP contribution is 2.32. The van der Waals surface area contributed by atoms with Gasteiger partial charge in [0.25, 0.3) is 0 Å². The van der Waals surface area contributed by atoms with Gasteiger partial charge in [0.05, 0.1) is 0 Å². The van der Waals surface area contributed by atoms with Gasteiger partial charge in [-0.15, -0.1) is 12.4 Å². The van der Waals surface area contributed by atoms with E-state index in [1.807, 2.05) is 20.8 Å². The van der Waals surface area contributed by atoms with Gasteiger partial charge < -0.3 is 30.0 Å². The highest BCUT2D eigenvalue weighted by Gasteiger charge is 2.43. The van der Waals surface area contributed by atoms with Gasteiger partial charge >= 0.3 is 18.0 Å². The lowest BCUT2D eigenvalue weighted by Crippen LogP contribution is -2.47. The van der Waals surface area contributed by atoms with E-state index in [0.29, 0.717) is 24.0 Å². The van der Waals surface area contributed by atoms with Crippen LogP contribution in [0.4, 0.5) is 4.79 Å². The van der Waals surface area contributed by atoms with Gasteiger partial charge in [0.2, 0.25) is 11.9 Å². The number of nitrogens with two attached hydrogens (primary N) is 1. The van der Waals surface area contributed by atoms with Gasteiger partial charge in [0.15, 0.2) is 0 Å². The van der Waals surface area contributed by atoms with Crippen molar-refractivity contribution in [1.82, 2.24) is 4.90 Å². The number of hydrogen-bond donors (Lipinski definition) is 2. The van der Waals surface area contributed by atoms with Crippen molar-refractivity contribution >= 4 is 30.4 Å². The second-order valence-corrected chi connectivity index (χ2v) is 10.3. The minimum absolute atomic E-state index is 0. The topological polar surface area (TPSA) is 128 Å². The van der Waals surface area contributed by atoms with Crippen molar-refractivity contribution in [3.05, 3.63) is 71.8 Å². The molecule has 0 aliphatic carbocycles. The molecule has 0 radical (unpaired) electrons. The lowest BCUT2D eigenvalue weighted by Gasteiger charge is -2.34. The highest BCUT2D eigenvalue weighted by atomic mass is 35.5. The molecule has 9 nitrogen and oxygen atoms in total. The molecule has 3 rings (SSSR count). The molecule has 1 saturated heterocycles. The van der Waals surface area contributed by atoms with Crippen molar-refractivity contribution < 1.29 is 33.7 Å². The van der Waals surface area contributed by atoms with Crippen molar-refractivity contribution in [2.24, 2.45) is 11.1 Å². The van der Waals surface area contributed by atoms with E-state index in [-0.39, 0.29) is 25.5 Å². The van der Waals surface area contributed by atoms with Crippen LogP contribution in [0.2, 0.25) is 0 Å². The van der Waals surface area contributed by atoms with Gasteiger partial charge in [-0.2, -0.15) is 0 Å². The summed E-state index contributed by atoms with van der Waals surface area (Å²) in [5.41, 5.74) is 4.24. The van der Waals surface area contributed by atoms with Crippen LogP contribution in [0.25, 0.3) is 0 Å². The van der Waals surface area contributed by atoms with Crippen LogP contribution in [-0.4, -0.2) is 59.6 Å². The Kier molecular flexibility index (Phi) is 10.7. The Morgan fingerprint density at radius 2 is 1.39 bits per heavy atom. The molecule has 2 aromatic rings. The number of amides is 1. The molecule has 2 aromatic carbocycles. The van der Waals surface area contributed by atoms with Gasteiger partial charge in [-0.1, -0.05) is 81.4 Å². The minimum Gasteiger partial charge on any atom is -0.460 e. The normalized spacial score (nSPS) is 16.0. The number of esters is 2. The first-order chi connectivity index (χ1) is 17.4. The van der Waals surface area contributed by atoms with Gasteiger partial charge in [0.1, 0.15) is 12.1 Å². The summed E-state index contributed by atoms with van der Waals surface area (Å²) in [6.07, 6.45) is -1.50. The predicted octanol–water partition coefficient (Wildman–Crippen LogP) is 3.75. The molecule has 0 saturated carbocycles. The summed E-state index contributed by atoms with van der Waals surface area (Å²) in [5, 5.41) is 11.5. The van der Waals surface area contributed by atoms with E-state index in [4.69, 9.17) is 19.9 Å². The zero-order chi connectivity index (χ0) is 27.2. The van der Waals surface area contributed by atoms with Crippen LogP contribution in [0.1, 0.15) is 51.7 Å². The molecular weight excluding hydrogens is 512 g/mol. The summed E-state index contributed by atoms with van der Waals surface area (Å²) in [5.74, 6) is -1.43. The second kappa shape index (κ2) is 13.1. The molecule has 0 aromatic heterocycles. The summed E-state index contributed by atoms with van der Waals surface area (Å²) in [6.45, 7) is 7.43. The predicted molar refractivity (Wildman–Crippen MR) is 143 cm³/mol. The van der Waals surface area contributed by atoms with Crippen LogP contribution in [0.5, 0.6) is 0 Å². The summed E-state index contributed by atoms with van der Waals surface area (Å²) in [6, 6.07) is 16.4. The first-order valence-corrected chi connectivity index (χ1v) is 12.4. The summed E-state index contributed by atoms with van der Waals surface area (Å²) in [4.78, 5) is 39.5. The van der Waals surface area contributed by atoms with Crippen molar-refractivity contribution in [2.45, 2.75) is 64.6 Å². The summed E-state index contributed by atoms with van der Waals surface area (Å²) >= 11 is 0. The number of hydrogen-bond acceptors (Lipinski definition) is 8. The smallest absolute Gasteiger partial charge is 0.412 e. The molecule has 38 heavy (non-hydrogen) atoms. The lowest BCUT2D eigenvalue weighted by molar-refractivity contribution is -0.171. The monoisotopic (exact) mass is 548 g/mol. The summed E-state index contributed by atoms with van der Waals surface area (Å²) in [7, 11) is 0. The number of carbonyl (C=O) groups is 3. The molecule has 1 amide bonds. The molecule has 1 fully saturated rings. The quantitative estimate of drug-likeness (QED) is 0.395. The number of nitrogens with zero attached hydrogens (tertiary/aromatic N) is 1. The van der Waals surface area contributed by atoms with E-state index < -0.39 is 47.5 Å². The minimum atomic E-state index is -1.97. The molecule has 3 N–H and O–H groups in total. The molecule has 208 valence electrons. The Morgan fingerprint density at radius 3 is 1.84 bits per heavy atom. The van der Waals surface area contributed by atoms with E-state index in [0.717, 1.165) is 0 Å². The molecule has 1 aliphatic heterocycles. The molecule has 1 heterocycles. The fraction of sp³-hybridized carbons (Fsp3) is 0.464. The molecule has 0 bridgehead atoms. The molecule has 0 spiro atoms. The van der Waals surface area contributed by atoms with E-state index in [1.54, 1.807) is 60.7 Å². The third-order valence-electron chi connectivity index (χ3n) is 6.39. The van der Waals surface area contributed by atoms with Crippen LogP contribution in [0.15, 0.2) is 60.7 Å². The number of aliphatic hydroxyl groups is 1. The fourth-order valence-electron chi connectivity index (χ4n) is 3.98. The average molecular weight is 549 g/mol. The van der Waals surface area contributed by atoms with Crippen molar-refractivity contribution in [3.8, 4) is 0 Å². The van der Waals surface area contributed by atoms with E-state index >= 15 is 0 Å². The highest BCUT2D eigenvalue weighted by molar-refractivity contribution is 5.86. The molecule has 1 unspecified atom stereocenters. The van der Waals surface area contributed by atoms with Crippen molar-refractivity contribution in [2.75, 3.05) is 13.1 Å². The maximum atomic E-state index is 13.3. The molecule has 10 heteroatoms. The average Bonchev–Trinajstić information content (AvgIpc) is 2.88. The number of likely N-dealkylation sites (tertiary alicyclic amines) is 1. The van der Waals surface area contributed by atoms with Gasteiger partial charge in [-0.3, -0.25) is 4.79 Å². The Morgan fingerprint density at radius 1 is 0.921 bits per heavy atom. The Hall–Kier alpha value is -3.14. The van der Waals surface area contributed by atoms with Crippen molar-refractivity contribution in [1.29, 1.82) is 0 Å². The standard InChI is InChI=1S/C28H36N2O7.ClH/c1-19(35-24(31)23(29)27(2,3)4)36-26(33)30-17-15-22(16-18-30)37-25(32)28(34,20-11-7-5-8-12-20)21-13-9-6-10-14-21;/h5-14,19,22-23,34H,15-18,29H2,1-4H3;1H/t19?,23-;/m1./s1. The second-order valence-electron chi connectivity index (χ2n) is 10.3. The zero-order valence-electron chi connectivity index (χ0n) is 22.2. The van der Waals surface area contributed by atoms with Gasteiger partial charge in [-0.25, -0.2) is 9.59 Å². The van der Waals surface area contributed by atoms with Crippen LogP contribution >= 0.6 is 12.4 Å². The van der Waals surface area contributed by atoms with E-state index in [1.165, 1.54) is 11.8 Å². The Labute approximate surface area is 229 Å². The largest absolute Gasteiger partial charge is 0.460 e. The number of carbonyl (C=O) groups excluding carboxylic acids is 3. The maximum Gasteiger partial charge on any atom is 0.412 e. The van der Waals surface area contributed by atoms with Gasteiger partial charge in [-0.05, 0) is 16.5 Å². The van der Waals surface area contributed by atoms with Crippen LogP contribution in [-0.2, 0) is 29.4 Å². The maximum absolute atomic E-state index is 13.3. The van der Waals surface area contributed by atoms with Crippen LogP contribution in [0, 0.1) is 5.41 Å². The number of halogens is 1. The SMILES string of the molecule is CC(OC(=O)[C@@H](N)C(C)(C)C)OC(=O)N1CCC(OC(=O)C(O)(c2ccccc2)c2ccccc2)CC1.Cl. The third kappa shape index (κ3) is 7.46. The zero-order valence-corrected chi connectivity index (χ0v) is 23.0. The first kappa shape index (κ1) is 31.1. The Balaban J connectivity index is 0.00000507. The number of ether oxygens (including phenoxy) is 3. The van der Waals surface area contributed by atoms with E-state index in [9.17, 15) is 19.5 Å². The van der Waals surface area contributed by atoms with Crippen molar-refractivity contribution in [3.63, 3.8) is 0 Å².